The van der Waals surface area contributed by atoms with E-state index in [0.717, 1.165) is 12.1 Å². The topological polar surface area (TPSA) is 12.9 Å². The fourth-order valence-corrected chi connectivity index (χ4v) is 1.95. The molecule has 1 heterocycles. The van der Waals surface area contributed by atoms with Crippen LogP contribution >= 0.6 is 11.6 Å². The first-order chi connectivity index (χ1) is 10.6. The van der Waals surface area contributed by atoms with Gasteiger partial charge < -0.3 is 0 Å². The Balaban J connectivity index is 2.27. The number of benzene rings is 1. The summed E-state index contributed by atoms with van der Waals surface area (Å²) in [5.41, 5.74) is -1.58. The average Bonchev–Trinajstić information content (AvgIpc) is 2.44. The molecule has 0 aliphatic heterocycles. The molecule has 122 valence electrons. The molecule has 0 saturated carbocycles. The Hall–Kier alpha value is -2.02. The normalized spacial score (nSPS) is 12.8. The maximum Gasteiger partial charge on any atom is 0.417 e. The lowest BCUT2D eigenvalue weighted by atomic mass is 10.1. The monoisotopic (exact) mass is 351 g/mol. The van der Waals surface area contributed by atoms with E-state index in [0.29, 0.717) is 12.3 Å². The second kappa shape index (κ2) is 6.23. The number of alkyl halides is 6. The molecule has 0 spiro atoms. The molecule has 0 N–H and O–H groups in total. The van der Waals surface area contributed by atoms with Gasteiger partial charge in [-0.25, -0.2) is 0 Å². The van der Waals surface area contributed by atoms with Crippen LogP contribution in [0, 0.1) is 0 Å². The van der Waals surface area contributed by atoms with Crippen LogP contribution in [-0.4, -0.2) is 4.98 Å². The van der Waals surface area contributed by atoms with Crippen molar-refractivity contribution in [2.24, 2.45) is 0 Å². The van der Waals surface area contributed by atoms with Gasteiger partial charge in [-0.3, -0.25) is 4.98 Å². The number of hydrogen-bond acceptors (Lipinski definition) is 1. The molecule has 0 atom stereocenters. The van der Waals surface area contributed by atoms with E-state index >= 15 is 0 Å². The molecule has 0 amide bonds. The summed E-state index contributed by atoms with van der Waals surface area (Å²) in [6.45, 7) is 0. The minimum Gasteiger partial charge on any atom is -0.255 e. The van der Waals surface area contributed by atoms with Gasteiger partial charge in [-0.2, -0.15) is 26.3 Å². The molecule has 1 aromatic heterocycles. The van der Waals surface area contributed by atoms with Crippen molar-refractivity contribution < 1.29 is 26.3 Å². The first-order valence-corrected chi connectivity index (χ1v) is 6.53. The molecular weight excluding hydrogens is 344 g/mol. The number of aromatic nitrogens is 1. The minimum atomic E-state index is -4.57. The van der Waals surface area contributed by atoms with E-state index in [2.05, 4.69) is 4.98 Å². The predicted octanol–water partition coefficient (Wildman–Crippen LogP) is 5.94. The molecule has 2 rings (SSSR count). The van der Waals surface area contributed by atoms with E-state index in [1.165, 1.54) is 24.3 Å². The Kier molecular flexibility index (Phi) is 4.70. The predicted molar refractivity (Wildman–Crippen MR) is 74.6 cm³/mol. The largest absolute Gasteiger partial charge is 0.417 e. The second-order valence-corrected chi connectivity index (χ2v) is 4.95. The molecule has 0 aliphatic rings. The molecular formula is C15H8ClF6N. The molecule has 2 aromatic rings. The smallest absolute Gasteiger partial charge is 0.255 e. The quantitative estimate of drug-likeness (QED) is 0.610. The highest BCUT2D eigenvalue weighted by atomic mass is 35.5. The van der Waals surface area contributed by atoms with Gasteiger partial charge in [-0.05, 0) is 29.8 Å². The summed E-state index contributed by atoms with van der Waals surface area (Å²) in [6, 6.07) is 5.18. The van der Waals surface area contributed by atoms with Gasteiger partial charge in [0, 0.05) is 6.20 Å². The fourth-order valence-electron chi connectivity index (χ4n) is 1.72. The van der Waals surface area contributed by atoms with Gasteiger partial charge in [0.05, 0.1) is 21.8 Å². The molecule has 0 aliphatic carbocycles. The summed E-state index contributed by atoms with van der Waals surface area (Å²) < 4.78 is 75.2. The van der Waals surface area contributed by atoms with Crippen LogP contribution in [0.25, 0.3) is 12.2 Å². The zero-order valence-electron chi connectivity index (χ0n) is 11.2. The second-order valence-electron chi connectivity index (χ2n) is 4.55. The standard InChI is InChI=1S/C15H8ClF6N/c16-12-7-11(15(20,21)22)8-23-13(12)5-4-9-2-1-3-10(6-9)14(17,18)19/h1-8H. The Labute approximate surface area is 132 Å². The zero-order valence-corrected chi connectivity index (χ0v) is 12.0. The summed E-state index contributed by atoms with van der Waals surface area (Å²) in [4.78, 5) is 3.57. The van der Waals surface area contributed by atoms with Gasteiger partial charge >= 0.3 is 12.4 Å². The molecule has 0 bridgehead atoms. The van der Waals surface area contributed by atoms with Gasteiger partial charge in [0.2, 0.25) is 0 Å². The van der Waals surface area contributed by atoms with Gasteiger partial charge in [-0.1, -0.05) is 29.8 Å². The Morgan fingerprint density at radius 2 is 1.52 bits per heavy atom. The third-order valence-corrected chi connectivity index (χ3v) is 3.15. The number of hydrogen-bond donors (Lipinski definition) is 0. The summed E-state index contributed by atoms with van der Waals surface area (Å²) in [5, 5.41) is -0.247. The van der Waals surface area contributed by atoms with Crippen molar-refractivity contribution in [1.82, 2.24) is 4.98 Å². The van der Waals surface area contributed by atoms with E-state index in [1.807, 2.05) is 0 Å². The first kappa shape index (κ1) is 17.3. The number of rotatable bonds is 2. The Morgan fingerprint density at radius 3 is 2.09 bits per heavy atom. The van der Waals surface area contributed by atoms with Crippen molar-refractivity contribution in [3.63, 3.8) is 0 Å². The number of halogens is 7. The summed E-state index contributed by atoms with van der Waals surface area (Å²) in [6.07, 6.45) is -5.90. The third kappa shape index (κ3) is 4.48. The Bertz CT molecular complexity index is 733. The van der Waals surface area contributed by atoms with Gasteiger partial charge in [-0.15, -0.1) is 0 Å². The van der Waals surface area contributed by atoms with Crippen LogP contribution in [0.15, 0.2) is 36.5 Å². The molecule has 8 heteroatoms. The van der Waals surface area contributed by atoms with E-state index < -0.39 is 23.5 Å². The van der Waals surface area contributed by atoms with Crippen LogP contribution in [-0.2, 0) is 12.4 Å². The summed E-state index contributed by atoms with van der Waals surface area (Å²) in [5.74, 6) is 0. The van der Waals surface area contributed by atoms with Gasteiger partial charge in [0.15, 0.2) is 0 Å². The van der Waals surface area contributed by atoms with Crippen LogP contribution < -0.4 is 0 Å². The molecule has 0 unspecified atom stereocenters. The molecule has 1 nitrogen and oxygen atoms in total. The van der Waals surface area contributed by atoms with Gasteiger partial charge in [0.1, 0.15) is 0 Å². The maximum absolute atomic E-state index is 12.6. The third-order valence-electron chi connectivity index (χ3n) is 2.84. The van der Waals surface area contributed by atoms with Crippen molar-refractivity contribution in [2.75, 3.05) is 0 Å². The lowest BCUT2D eigenvalue weighted by Crippen LogP contribution is -2.05. The summed E-state index contributed by atoms with van der Waals surface area (Å²) in [7, 11) is 0. The Morgan fingerprint density at radius 1 is 0.870 bits per heavy atom. The van der Waals surface area contributed by atoms with E-state index in [1.54, 1.807) is 0 Å². The van der Waals surface area contributed by atoms with Gasteiger partial charge in [0.25, 0.3) is 0 Å². The number of pyridine rings is 1. The fraction of sp³-hybridized carbons (Fsp3) is 0.133. The lowest BCUT2D eigenvalue weighted by Gasteiger charge is -2.08. The zero-order chi connectivity index (χ0) is 17.3. The van der Waals surface area contributed by atoms with Crippen LogP contribution in [0.3, 0.4) is 0 Å². The van der Waals surface area contributed by atoms with E-state index in [4.69, 9.17) is 11.6 Å². The van der Waals surface area contributed by atoms with Crippen molar-refractivity contribution in [3.8, 4) is 0 Å². The van der Waals surface area contributed by atoms with Crippen LogP contribution in [0.4, 0.5) is 26.3 Å². The highest BCUT2D eigenvalue weighted by molar-refractivity contribution is 6.32. The van der Waals surface area contributed by atoms with E-state index in [-0.39, 0.29) is 16.3 Å². The lowest BCUT2D eigenvalue weighted by molar-refractivity contribution is -0.138. The van der Waals surface area contributed by atoms with Crippen molar-refractivity contribution in [3.05, 3.63) is 63.9 Å². The average molecular weight is 352 g/mol. The van der Waals surface area contributed by atoms with E-state index in [9.17, 15) is 26.3 Å². The SMILES string of the molecule is FC(F)(F)c1cccc(C=Cc2ncc(C(F)(F)F)cc2Cl)c1. The van der Waals surface area contributed by atoms with Crippen molar-refractivity contribution in [1.29, 1.82) is 0 Å². The highest BCUT2D eigenvalue weighted by Crippen LogP contribution is 2.32. The molecule has 1 aromatic carbocycles. The van der Waals surface area contributed by atoms with Crippen LogP contribution in [0.1, 0.15) is 22.4 Å². The molecule has 0 fully saturated rings. The maximum atomic E-state index is 12.6. The number of nitrogens with zero attached hydrogens (tertiary/aromatic N) is 1. The molecule has 0 saturated heterocycles. The highest BCUT2D eigenvalue weighted by Gasteiger charge is 2.31. The van der Waals surface area contributed by atoms with Crippen molar-refractivity contribution in [2.45, 2.75) is 12.4 Å². The minimum absolute atomic E-state index is 0.0251. The van der Waals surface area contributed by atoms with Crippen LogP contribution in [0.2, 0.25) is 5.02 Å². The first-order valence-electron chi connectivity index (χ1n) is 6.15. The molecule has 0 radical (unpaired) electrons. The van der Waals surface area contributed by atoms with Crippen LogP contribution in [0.5, 0.6) is 0 Å². The summed E-state index contributed by atoms with van der Waals surface area (Å²) >= 11 is 5.71. The molecule has 23 heavy (non-hydrogen) atoms. The van der Waals surface area contributed by atoms with Crippen molar-refractivity contribution >= 4 is 23.8 Å².